The Balaban J connectivity index is 4.55. The van der Waals surface area contributed by atoms with Crippen molar-refractivity contribution in [3.8, 4) is 0 Å². The Morgan fingerprint density at radius 3 is 0.887 bits per heavy atom. The van der Waals surface area contributed by atoms with Gasteiger partial charge in [0.05, 0.1) is 0 Å². The highest BCUT2D eigenvalue weighted by atomic mass is 16.6. The predicted octanol–water partition coefficient (Wildman–Crippen LogP) is 19.9. The second kappa shape index (κ2) is 58.6. The van der Waals surface area contributed by atoms with Crippen molar-refractivity contribution >= 4 is 17.9 Å². The molecule has 0 rings (SSSR count). The molecule has 1 atom stereocenters. The van der Waals surface area contributed by atoms with Crippen molar-refractivity contribution in [2.45, 2.75) is 271 Å². The van der Waals surface area contributed by atoms with E-state index in [-0.39, 0.29) is 44.0 Å². The van der Waals surface area contributed by atoms with Crippen molar-refractivity contribution in [3.05, 3.63) is 109 Å². The monoisotopic (exact) mass is 985 g/mol. The van der Waals surface area contributed by atoms with Gasteiger partial charge in [0, 0.05) is 19.3 Å². The van der Waals surface area contributed by atoms with E-state index in [9.17, 15) is 14.4 Å². The summed E-state index contributed by atoms with van der Waals surface area (Å²) >= 11 is 0. The van der Waals surface area contributed by atoms with E-state index in [0.29, 0.717) is 19.3 Å². The van der Waals surface area contributed by atoms with E-state index in [2.05, 4.69) is 130 Å². The Hall–Kier alpha value is -3.93. The van der Waals surface area contributed by atoms with E-state index in [1.807, 2.05) is 0 Å². The molecule has 0 unspecified atom stereocenters. The number of allylic oxidation sites excluding steroid dienone is 18. The fourth-order valence-corrected chi connectivity index (χ4v) is 7.77. The summed E-state index contributed by atoms with van der Waals surface area (Å²) < 4.78 is 16.8. The van der Waals surface area contributed by atoms with Crippen molar-refractivity contribution < 1.29 is 28.6 Å². The van der Waals surface area contributed by atoms with E-state index in [4.69, 9.17) is 14.2 Å². The molecule has 0 saturated heterocycles. The van der Waals surface area contributed by atoms with Crippen molar-refractivity contribution in [1.82, 2.24) is 0 Å². The number of esters is 3. The Labute approximate surface area is 438 Å². The molecule has 0 aromatic carbocycles. The van der Waals surface area contributed by atoms with Crippen LogP contribution in [0.2, 0.25) is 0 Å². The molecule has 0 amide bonds. The first-order chi connectivity index (χ1) is 35.0. The molecule has 0 heterocycles. The molecule has 0 saturated carbocycles. The smallest absolute Gasteiger partial charge is 0.306 e. The maximum atomic E-state index is 12.8. The van der Waals surface area contributed by atoms with E-state index in [1.54, 1.807) is 0 Å². The van der Waals surface area contributed by atoms with Gasteiger partial charge in [-0.15, -0.1) is 0 Å². The van der Waals surface area contributed by atoms with Crippen LogP contribution in [0.1, 0.15) is 265 Å². The standard InChI is InChI=1S/C65H108O6/c1-4-7-10-13-16-19-22-25-28-31-32-35-37-40-43-46-49-52-55-58-64(67)70-61-62(71-65(68)59-56-53-50-47-44-41-38-34-30-27-24-21-18-15-12-9-6-3)60-69-63(66)57-54-51-48-45-42-39-36-33-29-26-23-20-17-14-11-8-5-2/h17-18,20-21,25-30,36,38-39,41,45,47-48,50,62H,4-16,19,22-24,31-35,37,40,42-44,46,49,51-61H2,1-3H3/b20-17+,21-18+,28-25+,29-26+,30-27+,39-36+,41-38+,48-45+,50-47+/t62-/m1/s1. The van der Waals surface area contributed by atoms with Crippen LogP contribution < -0.4 is 0 Å². The molecule has 0 aliphatic carbocycles. The zero-order valence-corrected chi connectivity index (χ0v) is 46.2. The summed E-state index contributed by atoms with van der Waals surface area (Å²) in [7, 11) is 0. The average Bonchev–Trinajstić information content (AvgIpc) is 3.37. The SMILES string of the molecule is CCCCC/C=C/C/C=C/C/C=C/C/C=C/CCCC(=O)OC[C@H](COC(=O)CCCCCCCCCCC/C=C/CCCCCCCC)OC(=O)CCC/C=C/C/C=C/C/C=C/C/C=C/CCCCC. The van der Waals surface area contributed by atoms with Crippen LogP contribution in [0.25, 0.3) is 0 Å². The molecular formula is C65H108O6. The van der Waals surface area contributed by atoms with Gasteiger partial charge in [0.15, 0.2) is 6.10 Å². The highest BCUT2D eigenvalue weighted by molar-refractivity contribution is 5.71. The van der Waals surface area contributed by atoms with Gasteiger partial charge in [0.1, 0.15) is 13.2 Å². The molecule has 0 radical (unpaired) electrons. The molecule has 0 bridgehead atoms. The fraction of sp³-hybridized carbons (Fsp3) is 0.677. The fourth-order valence-electron chi connectivity index (χ4n) is 7.77. The van der Waals surface area contributed by atoms with Gasteiger partial charge < -0.3 is 14.2 Å². The average molecular weight is 986 g/mol. The molecule has 71 heavy (non-hydrogen) atoms. The van der Waals surface area contributed by atoms with Crippen LogP contribution >= 0.6 is 0 Å². The van der Waals surface area contributed by atoms with E-state index >= 15 is 0 Å². The van der Waals surface area contributed by atoms with Crippen LogP contribution in [-0.2, 0) is 28.6 Å². The van der Waals surface area contributed by atoms with Gasteiger partial charge in [-0.05, 0) is 122 Å². The molecule has 0 fully saturated rings. The lowest BCUT2D eigenvalue weighted by atomic mass is 10.1. The van der Waals surface area contributed by atoms with Crippen molar-refractivity contribution in [2.75, 3.05) is 13.2 Å². The first-order valence-electron chi connectivity index (χ1n) is 29.4. The highest BCUT2D eigenvalue weighted by Gasteiger charge is 2.19. The molecule has 0 N–H and O–H groups in total. The zero-order valence-electron chi connectivity index (χ0n) is 46.2. The number of hydrogen-bond acceptors (Lipinski definition) is 6. The Morgan fingerprint density at radius 1 is 0.282 bits per heavy atom. The molecule has 0 aromatic rings. The molecule has 0 aliphatic heterocycles. The van der Waals surface area contributed by atoms with E-state index in [0.717, 1.165) is 70.6 Å². The summed E-state index contributed by atoms with van der Waals surface area (Å²) in [6.45, 7) is 6.49. The second-order valence-corrected chi connectivity index (χ2v) is 19.2. The summed E-state index contributed by atoms with van der Waals surface area (Å²) in [5.41, 5.74) is 0. The van der Waals surface area contributed by atoms with Crippen LogP contribution in [0.4, 0.5) is 0 Å². The first kappa shape index (κ1) is 67.1. The minimum Gasteiger partial charge on any atom is -0.462 e. The minimum absolute atomic E-state index is 0.119. The number of ether oxygens (including phenoxy) is 3. The van der Waals surface area contributed by atoms with Crippen LogP contribution in [0.5, 0.6) is 0 Å². The lowest BCUT2D eigenvalue weighted by molar-refractivity contribution is -0.167. The zero-order chi connectivity index (χ0) is 51.4. The van der Waals surface area contributed by atoms with E-state index < -0.39 is 6.10 Å². The third kappa shape index (κ3) is 56.9. The van der Waals surface area contributed by atoms with Crippen molar-refractivity contribution in [2.24, 2.45) is 0 Å². The molecule has 6 heteroatoms. The maximum Gasteiger partial charge on any atom is 0.306 e. The maximum absolute atomic E-state index is 12.8. The Bertz CT molecular complexity index is 1460. The summed E-state index contributed by atoms with van der Waals surface area (Å²) in [5, 5.41) is 0. The largest absolute Gasteiger partial charge is 0.462 e. The lowest BCUT2D eigenvalue weighted by Crippen LogP contribution is -2.30. The number of rotatable bonds is 52. The molecule has 0 aromatic heterocycles. The van der Waals surface area contributed by atoms with E-state index in [1.165, 1.54) is 141 Å². The molecule has 6 nitrogen and oxygen atoms in total. The van der Waals surface area contributed by atoms with Gasteiger partial charge >= 0.3 is 17.9 Å². The third-order valence-corrected chi connectivity index (χ3v) is 12.2. The minimum atomic E-state index is -0.832. The lowest BCUT2D eigenvalue weighted by Gasteiger charge is -2.18. The topological polar surface area (TPSA) is 78.9 Å². The number of unbranched alkanes of at least 4 members (excludes halogenated alkanes) is 23. The van der Waals surface area contributed by atoms with Crippen molar-refractivity contribution in [3.63, 3.8) is 0 Å². The molecule has 0 aliphatic rings. The van der Waals surface area contributed by atoms with Crippen LogP contribution in [-0.4, -0.2) is 37.2 Å². The summed E-state index contributed by atoms with van der Waals surface area (Å²) in [5.74, 6) is -1.04. The van der Waals surface area contributed by atoms with Gasteiger partial charge in [-0.2, -0.15) is 0 Å². The first-order valence-corrected chi connectivity index (χ1v) is 29.4. The predicted molar refractivity (Wildman–Crippen MR) is 307 cm³/mol. The summed E-state index contributed by atoms with van der Waals surface area (Å²) in [6, 6.07) is 0. The quantitative estimate of drug-likeness (QED) is 0.0261. The van der Waals surface area contributed by atoms with Crippen molar-refractivity contribution in [1.29, 1.82) is 0 Å². The van der Waals surface area contributed by atoms with Gasteiger partial charge in [0.2, 0.25) is 0 Å². The number of hydrogen-bond donors (Lipinski definition) is 0. The molecular weight excluding hydrogens is 877 g/mol. The molecule has 0 spiro atoms. The van der Waals surface area contributed by atoms with Crippen LogP contribution in [0.15, 0.2) is 109 Å². The Kier molecular flexibility index (Phi) is 55.4. The van der Waals surface area contributed by atoms with Gasteiger partial charge in [-0.25, -0.2) is 0 Å². The third-order valence-electron chi connectivity index (χ3n) is 12.2. The van der Waals surface area contributed by atoms with Gasteiger partial charge in [0.25, 0.3) is 0 Å². The molecule has 404 valence electrons. The second-order valence-electron chi connectivity index (χ2n) is 19.2. The van der Waals surface area contributed by atoms with Gasteiger partial charge in [-0.1, -0.05) is 233 Å². The highest BCUT2D eigenvalue weighted by Crippen LogP contribution is 2.14. The summed E-state index contributed by atoms with van der Waals surface area (Å²) in [6.07, 6.45) is 79.4. The number of carbonyl (C=O) groups is 3. The van der Waals surface area contributed by atoms with Crippen LogP contribution in [0, 0.1) is 0 Å². The Morgan fingerprint density at radius 2 is 0.521 bits per heavy atom. The summed E-state index contributed by atoms with van der Waals surface area (Å²) in [4.78, 5) is 38.2. The van der Waals surface area contributed by atoms with Crippen LogP contribution in [0.3, 0.4) is 0 Å². The number of carbonyl (C=O) groups excluding carboxylic acids is 3. The normalized spacial score (nSPS) is 12.9. The van der Waals surface area contributed by atoms with Gasteiger partial charge in [-0.3, -0.25) is 14.4 Å².